The van der Waals surface area contributed by atoms with Crippen LogP contribution in [-0.2, 0) is 9.59 Å². The molecule has 1 aromatic rings. The van der Waals surface area contributed by atoms with E-state index in [4.69, 9.17) is 5.11 Å². The fraction of sp³-hybridized carbons (Fsp3) is 0.250. The number of benzene rings is 1. The van der Waals surface area contributed by atoms with Crippen molar-refractivity contribution in [3.63, 3.8) is 0 Å². The quantitative estimate of drug-likeness (QED) is 0.900. The number of amides is 1. The van der Waals surface area contributed by atoms with Crippen molar-refractivity contribution in [3.8, 4) is 0 Å². The van der Waals surface area contributed by atoms with Crippen LogP contribution in [-0.4, -0.2) is 34.2 Å². The summed E-state index contributed by atoms with van der Waals surface area (Å²) in [4.78, 5) is 22.0. The largest absolute Gasteiger partial charge is 0.480 e. The first kappa shape index (κ1) is 13.1. The molecular weight excluding hydrogens is 258 g/mol. The molecule has 0 atom stereocenters. The van der Waals surface area contributed by atoms with Gasteiger partial charge in [0.25, 0.3) is 0 Å². The zero-order valence-corrected chi connectivity index (χ0v) is 9.77. The van der Waals surface area contributed by atoms with Crippen LogP contribution in [0.1, 0.15) is 18.4 Å². The maximum Gasteiger partial charge on any atom is 0.325 e. The van der Waals surface area contributed by atoms with Gasteiger partial charge in [-0.15, -0.1) is 0 Å². The van der Waals surface area contributed by atoms with Crippen LogP contribution in [0.4, 0.5) is 8.78 Å². The molecule has 1 N–H and O–H groups in total. The summed E-state index contributed by atoms with van der Waals surface area (Å²) in [6.45, 7) is -0.578. The standard InChI is InChI=1S/C12H10F2N2O3/c13-7-1-2-8(9(14)5-7)10-3-4-11(17)16(15-10)6-12(18)19/h1-2,5H,3-4,6H2,(H,18,19). The van der Waals surface area contributed by atoms with Gasteiger partial charge in [-0.05, 0) is 12.1 Å². The second-order valence-electron chi connectivity index (χ2n) is 4.02. The molecule has 0 saturated carbocycles. The monoisotopic (exact) mass is 268 g/mol. The second kappa shape index (κ2) is 5.13. The molecule has 1 amide bonds. The Kier molecular flexibility index (Phi) is 3.55. The van der Waals surface area contributed by atoms with E-state index in [1.807, 2.05) is 0 Å². The summed E-state index contributed by atoms with van der Waals surface area (Å²) in [6.07, 6.45) is 0.237. The van der Waals surface area contributed by atoms with E-state index < -0.39 is 30.1 Å². The van der Waals surface area contributed by atoms with Gasteiger partial charge in [0.2, 0.25) is 5.91 Å². The fourth-order valence-corrected chi connectivity index (χ4v) is 1.77. The number of nitrogens with zero attached hydrogens (tertiary/aromatic N) is 2. The van der Waals surface area contributed by atoms with Crippen molar-refractivity contribution in [1.29, 1.82) is 0 Å². The van der Waals surface area contributed by atoms with Crippen LogP contribution in [0.25, 0.3) is 0 Å². The summed E-state index contributed by atoms with van der Waals surface area (Å²) in [5.41, 5.74) is 0.308. The Hall–Kier alpha value is -2.31. The van der Waals surface area contributed by atoms with Crippen molar-refractivity contribution in [2.45, 2.75) is 12.8 Å². The van der Waals surface area contributed by atoms with E-state index in [0.717, 1.165) is 17.1 Å². The van der Waals surface area contributed by atoms with Gasteiger partial charge in [0.1, 0.15) is 18.2 Å². The second-order valence-corrected chi connectivity index (χ2v) is 4.02. The number of hydrogen-bond donors (Lipinski definition) is 1. The van der Waals surface area contributed by atoms with Crippen LogP contribution in [0.5, 0.6) is 0 Å². The third-order valence-electron chi connectivity index (χ3n) is 2.63. The summed E-state index contributed by atoms with van der Waals surface area (Å²) < 4.78 is 26.4. The van der Waals surface area contributed by atoms with Crippen molar-refractivity contribution in [2.75, 3.05) is 6.54 Å². The van der Waals surface area contributed by atoms with Gasteiger partial charge in [0.15, 0.2) is 0 Å². The molecule has 0 aliphatic carbocycles. The molecule has 1 aromatic carbocycles. The van der Waals surface area contributed by atoms with E-state index in [-0.39, 0.29) is 24.1 Å². The normalized spacial score (nSPS) is 15.4. The highest BCUT2D eigenvalue weighted by molar-refractivity contribution is 6.04. The number of carbonyl (C=O) groups is 2. The molecule has 100 valence electrons. The molecule has 0 fully saturated rings. The van der Waals surface area contributed by atoms with Crippen molar-refractivity contribution in [2.24, 2.45) is 5.10 Å². The molecule has 2 rings (SSSR count). The average Bonchev–Trinajstić information content (AvgIpc) is 2.32. The van der Waals surface area contributed by atoms with Gasteiger partial charge in [0, 0.05) is 24.5 Å². The molecule has 0 radical (unpaired) electrons. The number of aliphatic carboxylic acids is 1. The molecule has 0 saturated heterocycles. The lowest BCUT2D eigenvalue weighted by Crippen LogP contribution is -2.36. The highest BCUT2D eigenvalue weighted by Crippen LogP contribution is 2.18. The first-order chi connectivity index (χ1) is 8.97. The maximum absolute atomic E-state index is 13.6. The molecule has 5 nitrogen and oxygen atoms in total. The minimum atomic E-state index is -1.21. The van der Waals surface area contributed by atoms with Crippen molar-refractivity contribution < 1.29 is 23.5 Å². The van der Waals surface area contributed by atoms with E-state index in [2.05, 4.69) is 5.10 Å². The molecule has 1 aliphatic rings. The van der Waals surface area contributed by atoms with Crippen LogP contribution in [0, 0.1) is 11.6 Å². The van der Waals surface area contributed by atoms with Gasteiger partial charge < -0.3 is 5.11 Å². The Bertz CT molecular complexity index is 572. The molecule has 0 spiro atoms. The Morgan fingerprint density at radius 3 is 2.74 bits per heavy atom. The third-order valence-corrected chi connectivity index (χ3v) is 2.63. The first-order valence-corrected chi connectivity index (χ1v) is 5.52. The van der Waals surface area contributed by atoms with Crippen LogP contribution in [0.15, 0.2) is 23.3 Å². The lowest BCUT2D eigenvalue weighted by Gasteiger charge is -2.22. The Labute approximate surface area is 107 Å². The third kappa shape index (κ3) is 2.93. The average molecular weight is 268 g/mol. The van der Waals surface area contributed by atoms with E-state index in [0.29, 0.717) is 0 Å². The Morgan fingerprint density at radius 2 is 2.11 bits per heavy atom. The molecule has 1 heterocycles. The SMILES string of the molecule is O=C(O)CN1N=C(c2ccc(F)cc2F)CCC1=O. The molecule has 0 bridgehead atoms. The fourth-order valence-electron chi connectivity index (χ4n) is 1.77. The topological polar surface area (TPSA) is 70.0 Å². The number of carboxylic acids is 1. The highest BCUT2D eigenvalue weighted by atomic mass is 19.1. The van der Waals surface area contributed by atoms with Gasteiger partial charge in [-0.2, -0.15) is 5.10 Å². The molecule has 7 heteroatoms. The summed E-state index contributed by atoms with van der Waals surface area (Å²) >= 11 is 0. The lowest BCUT2D eigenvalue weighted by atomic mass is 10.0. The van der Waals surface area contributed by atoms with Crippen molar-refractivity contribution >= 4 is 17.6 Å². The van der Waals surface area contributed by atoms with Gasteiger partial charge in [-0.3, -0.25) is 9.59 Å². The first-order valence-electron chi connectivity index (χ1n) is 5.52. The smallest absolute Gasteiger partial charge is 0.325 e. The van der Waals surface area contributed by atoms with Crippen molar-refractivity contribution in [1.82, 2.24) is 5.01 Å². The van der Waals surface area contributed by atoms with Crippen LogP contribution >= 0.6 is 0 Å². The van der Waals surface area contributed by atoms with Crippen LogP contribution in [0.3, 0.4) is 0 Å². The zero-order valence-electron chi connectivity index (χ0n) is 9.77. The van der Waals surface area contributed by atoms with Crippen LogP contribution in [0.2, 0.25) is 0 Å². The summed E-state index contributed by atoms with van der Waals surface area (Å²) in [5.74, 6) is -3.15. The summed E-state index contributed by atoms with van der Waals surface area (Å²) in [7, 11) is 0. The van der Waals surface area contributed by atoms with Gasteiger partial charge in [-0.25, -0.2) is 13.8 Å². The lowest BCUT2D eigenvalue weighted by molar-refractivity contribution is -0.144. The summed E-state index contributed by atoms with van der Waals surface area (Å²) in [5, 5.41) is 13.2. The summed E-state index contributed by atoms with van der Waals surface area (Å²) in [6, 6.07) is 3.02. The molecule has 1 aliphatic heterocycles. The van der Waals surface area contributed by atoms with E-state index >= 15 is 0 Å². The van der Waals surface area contributed by atoms with Gasteiger partial charge in [-0.1, -0.05) is 0 Å². The zero-order chi connectivity index (χ0) is 14.0. The highest BCUT2D eigenvalue weighted by Gasteiger charge is 2.24. The number of carbonyl (C=O) groups excluding carboxylic acids is 1. The number of rotatable bonds is 3. The van der Waals surface area contributed by atoms with Crippen LogP contribution < -0.4 is 0 Å². The number of hydrogen-bond acceptors (Lipinski definition) is 3. The van der Waals surface area contributed by atoms with E-state index in [1.165, 1.54) is 6.07 Å². The van der Waals surface area contributed by atoms with E-state index in [1.54, 1.807) is 0 Å². The maximum atomic E-state index is 13.6. The number of halogens is 2. The predicted molar refractivity (Wildman–Crippen MR) is 61.5 cm³/mol. The number of hydrazone groups is 1. The Morgan fingerprint density at radius 1 is 1.37 bits per heavy atom. The van der Waals surface area contributed by atoms with Crippen molar-refractivity contribution in [3.05, 3.63) is 35.4 Å². The minimum absolute atomic E-state index is 0.0446. The molecule has 0 aromatic heterocycles. The molecule has 0 unspecified atom stereocenters. The predicted octanol–water partition coefficient (Wildman–Crippen LogP) is 1.38. The van der Waals surface area contributed by atoms with Gasteiger partial charge >= 0.3 is 5.97 Å². The number of carboxylic acid groups (broad SMARTS) is 1. The minimum Gasteiger partial charge on any atom is -0.480 e. The molecular formula is C12H10F2N2O3. The Balaban J connectivity index is 2.33. The molecule has 19 heavy (non-hydrogen) atoms. The van der Waals surface area contributed by atoms with E-state index in [9.17, 15) is 18.4 Å². The van der Waals surface area contributed by atoms with Gasteiger partial charge in [0.05, 0.1) is 5.71 Å².